The number of benzene rings is 2. The number of nitrogens with zero attached hydrogens (tertiary/aromatic N) is 3. The Balaban J connectivity index is 1.88. The van der Waals surface area contributed by atoms with Crippen LogP contribution in [-0.2, 0) is 25.6 Å². The van der Waals surface area contributed by atoms with E-state index in [1.807, 2.05) is 70.2 Å². The van der Waals surface area contributed by atoms with Crippen LogP contribution in [0.3, 0.4) is 0 Å². The van der Waals surface area contributed by atoms with Crippen LogP contribution in [0.15, 0.2) is 59.5 Å². The Bertz CT molecular complexity index is 1350. The third kappa shape index (κ3) is 6.82. The summed E-state index contributed by atoms with van der Waals surface area (Å²) in [5.74, 6) is 0.732. The van der Waals surface area contributed by atoms with Gasteiger partial charge in [-0.05, 0) is 53.8 Å². The molecule has 2 aromatic carbocycles. The number of anilines is 1. The van der Waals surface area contributed by atoms with Gasteiger partial charge < -0.3 is 10.1 Å². The van der Waals surface area contributed by atoms with Crippen molar-refractivity contribution in [1.82, 2.24) is 14.1 Å². The van der Waals surface area contributed by atoms with Gasteiger partial charge in [-0.3, -0.25) is 4.79 Å². The van der Waals surface area contributed by atoms with E-state index in [-0.39, 0.29) is 28.8 Å². The van der Waals surface area contributed by atoms with Crippen LogP contribution >= 0.6 is 0 Å². The van der Waals surface area contributed by atoms with Gasteiger partial charge in [0.25, 0.3) is 0 Å². The lowest BCUT2D eigenvalue weighted by molar-refractivity contribution is -0.116. The molecule has 0 saturated heterocycles. The van der Waals surface area contributed by atoms with Gasteiger partial charge in [0.15, 0.2) is 0 Å². The van der Waals surface area contributed by atoms with E-state index in [0.29, 0.717) is 18.0 Å². The van der Waals surface area contributed by atoms with Gasteiger partial charge >= 0.3 is 0 Å². The Hall–Kier alpha value is -3.17. The van der Waals surface area contributed by atoms with Crippen molar-refractivity contribution in [3.63, 3.8) is 0 Å². The Morgan fingerprint density at radius 3 is 2.08 bits per heavy atom. The molecule has 0 aliphatic rings. The molecule has 206 valence electrons. The Morgan fingerprint density at radius 1 is 0.974 bits per heavy atom. The van der Waals surface area contributed by atoms with E-state index in [1.165, 1.54) is 4.31 Å². The predicted octanol–water partition coefficient (Wildman–Crippen LogP) is 5.52. The number of methoxy groups -OCH3 is 1. The second kappa shape index (κ2) is 11.3. The number of rotatable bonds is 9. The molecule has 1 N–H and O–H groups in total. The number of carbonyl (C=O) groups excluding carboxylic acids is 1. The SMILES string of the molecule is CCCN(CC(=O)Nc1cc(C(C)(C)C)nn1-c1ccc(OC)cc1)S(=O)(=O)c1ccc(C(C)(C)C)cc1. The van der Waals surface area contributed by atoms with Crippen molar-refractivity contribution in [3.05, 3.63) is 65.9 Å². The van der Waals surface area contributed by atoms with Gasteiger partial charge in [-0.15, -0.1) is 0 Å². The van der Waals surface area contributed by atoms with E-state index in [0.717, 1.165) is 16.9 Å². The fraction of sp³-hybridized carbons (Fsp3) is 0.448. The molecule has 0 saturated carbocycles. The first-order chi connectivity index (χ1) is 17.7. The molecular weight excluding hydrogens is 500 g/mol. The third-order valence-electron chi connectivity index (χ3n) is 6.21. The normalized spacial score (nSPS) is 12.6. The maximum absolute atomic E-state index is 13.5. The monoisotopic (exact) mass is 540 g/mol. The Kier molecular flexibility index (Phi) is 8.73. The molecule has 0 spiro atoms. The van der Waals surface area contributed by atoms with Gasteiger partial charge in [-0.25, -0.2) is 13.1 Å². The van der Waals surface area contributed by atoms with Crippen molar-refractivity contribution in [2.75, 3.05) is 25.5 Å². The highest BCUT2D eigenvalue weighted by Crippen LogP contribution is 2.28. The number of hydrogen-bond acceptors (Lipinski definition) is 5. The average Bonchev–Trinajstić information content (AvgIpc) is 3.27. The summed E-state index contributed by atoms with van der Waals surface area (Å²) in [5, 5.41) is 7.63. The van der Waals surface area contributed by atoms with Crippen LogP contribution in [0, 0.1) is 0 Å². The number of aromatic nitrogens is 2. The minimum atomic E-state index is -3.86. The standard InChI is InChI=1S/C29H40N4O4S/c1-9-18-32(38(35,36)24-16-10-21(11-17-24)28(2,3)4)20-27(34)30-26-19-25(29(5,6)7)31-33(26)22-12-14-23(37-8)15-13-22/h10-17,19H,9,18,20H2,1-8H3,(H,30,34). The zero-order chi connectivity index (χ0) is 28.3. The molecule has 0 fully saturated rings. The molecule has 8 nitrogen and oxygen atoms in total. The number of amides is 1. The molecule has 38 heavy (non-hydrogen) atoms. The average molecular weight is 541 g/mol. The first kappa shape index (κ1) is 29.4. The second-order valence-electron chi connectivity index (χ2n) is 11.4. The highest BCUT2D eigenvalue weighted by Gasteiger charge is 2.28. The summed E-state index contributed by atoms with van der Waals surface area (Å²) in [6.45, 7) is 14.2. The molecule has 0 aliphatic heterocycles. The summed E-state index contributed by atoms with van der Waals surface area (Å²) in [6, 6.07) is 16.1. The lowest BCUT2D eigenvalue weighted by Crippen LogP contribution is -2.38. The zero-order valence-electron chi connectivity index (χ0n) is 23.7. The van der Waals surface area contributed by atoms with Crippen LogP contribution in [0.2, 0.25) is 0 Å². The molecule has 0 bridgehead atoms. The second-order valence-corrected chi connectivity index (χ2v) is 13.4. The summed E-state index contributed by atoms with van der Waals surface area (Å²) in [7, 11) is -2.27. The largest absolute Gasteiger partial charge is 0.497 e. The molecular formula is C29H40N4O4S. The van der Waals surface area contributed by atoms with Crippen molar-refractivity contribution < 1.29 is 17.9 Å². The minimum absolute atomic E-state index is 0.0932. The van der Waals surface area contributed by atoms with Crippen LogP contribution in [0.25, 0.3) is 5.69 Å². The highest BCUT2D eigenvalue weighted by atomic mass is 32.2. The van der Waals surface area contributed by atoms with Crippen LogP contribution in [0.5, 0.6) is 5.75 Å². The zero-order valence-corrected chi connectivity index (χ0v) is 24.5. The summed E-state index contributed by atoms with van der Waals surface area (Å²) < 4.78 is 35.1. The molecule has 0 radical (unpaired) electrons. The maximum atomic E-state index is 13.5. The number of ether oxygens (including phenoxy) is 1. The molecule has 1 heterocycles. The van der Waals surface area contributed by atoms with E-state index in [4.69, 9.17) is 9.84 Å². The summed E-state index contributed by atoms with van der Waals surface area (Å²) in [6.07, 6.45) is 0.574. The van der Waals surface area contributed by atoms with Crippen LogP contribution in [-0.4, -0.2) is 48.6 Å². The Labute approximate surface area is 227 Å². The smallest absolute Gasteiger partial charge is 0.243 e. The molecule has 9 heteroatoms. The van der Waals surface area contributed by atoms with Crippen molar-refractivity contribution in [2.24, 2.45) is 0 Å². The summed E-state index contributed by atoms with van der Waals surface area (Å²) in [5.41, 5.74) is 2.23. The molecule has 3 rings (SSSR count). The van der Waals surface area contributed by atoms with E-state index < -0.39 is 15.9 Å². The predicted molar refractivity (Wildman–Crippen MR) is 152 cm³/mol. The van der Waals surface area contributed by atoms with Crippen molar-refractivity contribution in [2.45, 2.75) is 70.6 Å². The van der Waals surface area contributed by atoms with Gasteiger partial charge in [-0.1, -0.05) is 60.6 Å². The highest BCUT2D eigenvalue weighted by molar-refractivity contribution is 7.89. The number of carbonyl (C=O) groups is 1. The van der Waals surface area contributed by atoms with Gasteiger partial charge in [0.2, 0.25) is 15.9 Å². The van der Waals surface area contributed by atoms with Crippen LogP contribution < -0.4 is 10.1 Å². The van der Waals surface area contributed by atoms with E-state index in [1.54, 1.807) is 23.9 Å². The van der Waals surface area contributed by atoms with Crippen molar-refractivity contribution in [1.29, 1.82) is 0 Å². The number of hydrogen-bond donors (Lipinski definition) is 1. The summed E-state index contributed by atoms with van der Waals surface area (Å²) >= 11 is 0. The molecule has 0 atom stereocenters. The molecule has 1 aromatic heterocycles. The topological polar surface area (TPSA) is 93.5 Å². The van der Waals surface area contributed by atoms with Crippen LogP contribution in [0.4, 0.5) is 5.82 Å². The van der Waals surface area contributed by atoms with Gasteiger partial charge in [0, 0.05) is 18.0 Å². The first-order valence-electron chi connectivity index (χ1n) is 12.8. The van der Waals surface area contributed by atoms with Crippen molar-refractivity contribution >= 4 is 21.7 Å². The number of sulfonamides is 1. The quantitative estimate of drug-likeness (QED) is 0.386. The molecule has 3 aromatic rings. The third-order valence-corrected chi connectivity index (χ3v) is 8.07. The molecule has 0 unspecified atom stereocenters. The van der Waals surface area contributed by atoms with Gasteiger partial charge in [0.05, 0.1) is 29.9 Å². The lowest BCUT2D eigenvalue weighted by Gasteiger charge is -2.23. The van der Waals surface area contributed by atoms with E-state index in [2.05, 4.69) is 26.1 Å². The fourth-order valence-electron chi connectivity index (χ4n) is 3.91. The first-order valence-corrected chi connectivity index (χ1v) is 14.3. The lowest BCUT2D eigenvalue weighted by atomic mass is 9.87. The summed E-state index contributed by atoms with van der Waals surface area (Å²) in [4.78, 5) is 13.4. The van der Waals surface area contributed by atoms with Gasteiger partial charge in [-0.2, -0.15) is 9.40 Å². The van der Waals surface area contributed by atoms with E-state index in [9.17, 15) is 13.2 Å². The van der Waals surface area contributed by atoms with Gasteiger partial charge in [0.1, 0.15) is 11.6 Å². The maximum Gasteiger partial charge on any atom is 0.243 e. The Morgan fingerprint density at radius 2 is 1.58 bits per heavy atom. The molecule has 0 aliphatic carbocycles. The van der Waals surface area contributed by atoms with Crippen LogP contribution in [0.1, 0.15) is 66.1 Å². The van der Waals surface area contributed by atoms with Crippen molar-refractivity contribution in [3.8, 4) is 11.4 Å². The molecule has 1 amide bonds. The number of nitrogens with one attached hydrogen (secondary N) is 1. The minimum Gasteiger partial charge on any atom is -0.497 e. The van der Waals surface area contributed by atoms with E-state index >= 15 is 0 Å². The fourth-order valence-corrected chi connectivity index (χ4v) is 5.40.